The summed E-state index contributed by atoms with van der Waals surface area (Å²) < 4.78 is 2.05. The average Bonchev–Trinajstić information content (AvgIpc) is 3.31. The van der Waals surface area contributed by atoms with Crippen LogP contribution >= 0.6 is 46.5 Å². The normalized spacial score (nSPS) is 10.9. The van der Waals surface area contributed by atoms with E-state index in [0.29, 0.717) is 5.13 Å². The highest BCUT2D eigenvalue weighted by atomic mass is 35.5. The molecule has 0 bridgehead atoms. The monoisotopic (exact) mass is 439 g/mol. The van der Waals surface area contributed by atoms with Crippen LogP contribution < -0.4 is 5.32 Å². The standard InChI is InChI=1S/C17H18ClN5OS3/c1-2-23-14(10-25-9-12-3-5-13(18)6-4-12)21-22-17(23)27-11-15(24)20-16-19-7-8-26-16/h3-8H,2,9-11H2,1H3,(H,19,20,24). The van der Waals surface area contributed by atoms with Gasteiger partial charge in [-0.2, -0.15) is 0 Å². The van der Waals surface area contributed by atoms with Crippen LogP contribution in [0.25, 0.3) is 0 Å². The minimum Gasteiger partial charge on any atom is -0.306 e. The van der Waals surface area contributed by atoms with Gasteiger partial charge in [0, 0.05) is 28.9 Å². The highest BCUT2D eigenvalue weighted by Gasteiger charge is 2.13. The number of nitrogens with zero attached hydrogens (tertiary/aromatic N) is 4. The van der Waals surface area contributed by atoms with Crippen molar-refractivity contribution in [1.82, 2.24) is 19.7 Å². The molecule has 2 aromatic heterocycles. The maximum Gasteiger partial charge on any atom is 0.236 e. The molecule has 3 rings (SSSR count). The smallest absolute Gasteiger partial charge is 0.236 e. The van der Waals surface area contributed by atoms with Crippen molar-refractivity contribution >= 4 is 57.5 Å². The van der Waals surface area contributed by atoms with Gasteiger partial charge >= 0.3 is 0 Å². The summed E-state index contributed by atoms with van der Waals surface area (Å²) in [6.07, 6.45) is 1.66. The second-order valence-corrected chi connectivity index (χ2v) is 8.70. The second kappa shape index (κ2) is 10.1. The molecular weight excluding hydrogens is 422 g/mol. The first kappa shape index (κ1) is 20.2. The summed E-state index contributed by atoms with van der Waals surface area (Å²) in [6, 6.07) is 7.86. The van der Waals surface area contributed by atoms with Crippen molar-refractivity contribution in [2.75, 3.05) is 11.1 Å². The van der Waals surface area contributed by atoms with Crippen LogP contribution in [-0.2, 0) is 22.8 Å². The summed E-state index contributed by atoms with van der Waals surface area (Å²) in [6.45, 7) is 2.82. The van der Waals surface area contributed by atoms with Crippen molar-refractivity contribution in [2.45, 2.75) is 30.1 Å². The lowest BCUT2D eigenvalue weighted by Gasteiger charge is -2.07. The predicted octanol–water partition coefficient (Wildman–Crippen LogP) is 4.57. The summed E-state index contributed by atoms with van der Waals surface area (Å²) in [5.74, 6) is 2.73. The van der Waals surface area contributed by atoms with Crippen LogP contribution in [0.3, 0.4) is 0 Å². The van der Waals surface area contributed by atoms with Crippen molar-refractivity contribution in [3.8, 4) is 0 Å². The SMILES string of the molecule is CCn1c(CSCc2ccc(Cl)cc2)nnc1SCC(=O)Nc1nccs1. The number of halogens is 1. The molecule has 1 amide bonds. The topological polar surface area (TPSA) is 72.7 Å². The van der Waals surface area contributed by atoms with Gasteiger partial charge in [-0.3, -0.25) is 4.79 Å². The minimum atomic E-state index is -0.0979. The van der Waals surface area contributed by atoms with Gasteiger partial charge in [0.05, 0.1) is 11.5 Å². The van der Waals surface area contributed by atoms with Gasteiger partial charge in [0.2, 0.25) is 5.91 Å². The molecule has 0 radical (unpaired) electrons. The Labute approximate surface area is 175 Å². The molecule has 1 N–H and O–H groups in total. The van der Waals surface area contributed by atoms with E-state index in [1.54, 1.807) is 18.0 Å². The quantitative estimate of drug-likeness (QED) is 0.492. The van der Waals surface area contributed by atoms with Crippen molar-refractivity contribution in [1.29, 1.82) is 0 Å². The van der Waals surface area contributed by atoms with Crippen LogP contribution in [0.15, 0.2) is 41.0 Å². The lowest BCUT2D eigenvalue weighted by atomic mass is 10.2. The van der Waals surface area contributed by atoms with E-state index in [9.17, 15) is 4.79 Å². The van der Waals surface area contributed by atoms with Gasteiger partial charge in [-0.25, -0.2) is 4.98 Å². The van der Waals surface area contributed by atoms with Crippen molar-refractivity contribution in [2.24, 2.45) is 0 Å². The number of rotatable bonds is 9. The molecule has 3 aromatic rings. The number of nitrogens with one attached hydrogen (secondary N) is 1. The Balaban J connectivity index is 1.51. The number of aromatic nitrogens is 4. The van der Waals surface area contributed by atoms with Crippen LogP contribution in [0.2, 0.25) is 5.02 Å². The predicted molar refractivity (Wildman–Crippen MR) is 114 cm³/mol. The molecule has 0 fully saturated rings. The van der Waals surface area contributed by atoms with Crippen molar-refractivity contribution in [3.63, 3.8) is 0 Å². The lowest BCUT2D eigenvalue weighted by molar-refractivity contribution is -0.113. The van der Waals surface area contributed by atoms with Crippen LogP contribution in [0.1, 0.15) is 18.3 Å². The van der Waals surface area contributed by atoms with E-state index in [1.165, 1.54) is 28.7 Å². The van der Waals surface area contributed by atoms with Gasteiger partial charge in [0.25, 0.3) is 0 Å². The third-order valence-electron chi connectivity index (χ3n) is 3.53. The van der Waals surface area contributed by atoms with Crippen LogP contribution in [0, 0.1) is 0 Å². The Morgan fingerprint density at radius 2 is 2.07 bits per heavy atom. The number of hydrogen-bond acceptors (Lipinski definition) is 7. The van der Waals surface area contributed by atoms with Gasteiger partial charge in [0.1, 0.15) is 5.82 Å². The Bertz CT molecular complexity index is 867. The highest BCUT2D eigenvalue weighted by molar-refractivity contribution is 7.99. The Morgan fingerprint density at radius 3 is 2.78 bits per heavy atom. The first-order chi connectivity index (χ1) is 13.2. The highest BCUT2D eigenvalue weighted by Crippen LogP contribution is 2.22. The number of anilines is 1. The van der Waals surface area contributed by atoms with E-state index in [-0.39, 0.29) is 11.7 Å². The molecule has 0 aliphatic heterocycles. The zero-order chi connectivity index (χ0) is 19.1. The summed E-state index contributed by atoms with van der Waals surface area (Å²) in [4.78, 5) is 16.1. The number of amides is 1. The fraction of sp³-hybridized carbons (Fsp3) is 0.294. The third-order valence-corrected chi connectivity index (χ3v) is 6.44. The number of carbonyl (C=O) groups excluding carboxylic acids is 1. The van der Waals surface area contributed by atoms with Gasteiger partial charge in [-0.1, -0.05) is 35.5 Å². The van der Waals surface area contributed by atoms with Crippen LogP contribution in [0.4, 0.5) is 5.13 Å². The second-order valence-electron chi connectivity index (χ2n) is 5.44. The minimum absolute atomic E-state index is 0.0979. The van der Waals surface area contributed by atoms with Gasteiger partial charge < -0.3 is 9.88 Å². The van der Waals surface area contributed by atoms with E-state index in [2.05, 4.69) is 32.0 Å². The average molecular weight is 440 g/mol. The fourth-order valence-corrected chi connectivity index (χ4v) is 4.68. The number of carbonyl (C=O) groups is 1. The first-order valence-electron chi connectivity index (χ1n) is 8.22. The van der Waals surface area contributed by atoms with Crippen LogP contribution in [-0.4, -0.2) is 31.4 Å². The molecule has 6 nitrogen and oxygen atoms in total. The molecule has 0 aliphatic carbocycles. The molecule has 0 aliphatic rings. The Morgan fingerprint density at radius 1 is 1.26 bits per heavy atom. The Hall–Kier alpha value is -1.55. The molecule has 0 atom stereocenters. The van der Waals surface area contributed by atoms with Crippen LogP contribution in [0.5, 0.6) is 0 Å². The number of hydrogen-bond donors (Lipinski definition) is 1. The molecule has 27 heavy (non-hydrogen) atoms. The van der Waals surface area contributed by atoms with Crippen molar-refractivity contribution < 1.29 is 4.79 Å². The zero-order valence-electron chi connectivity index (χ0n) is 14.6. The maximum atomic E-state index is 12.0. The molecule has 0 unspecified atom stereocenters. The Kier molecular flexibility index (Phi) is 7.57. The van der Waals surface area contributed by atoms with E-state index in [4.69, 9.17) is 11.6 Å². The summed E-state index contributed by atoms with van der Waals surface area (Å²) in [5, 5.41) is 15.2. The molecule has 0 saturated carbocycles. The largest absolute Gasteiger partial charge is 0.306 e. The molecular formula is C17H18ClN5OS3. The first-order valence-corrected chi connectivity index (χ1v) is 11.6. The fourth-order valence-electron chi connectivity index (χ4n) is 2.26. The summed E-state index contributed by atoms with van der Waals surface area (Å²) >= 11 is 10.5. The molecule has 0 saturated heterocycles. The number of benzene rings is 1. The molecule has 2 heterocycles. The lowest BCUT2D eigenvalue weighted by Crippen LogP contribution is -2.14. The maximum absolute atomic E-state index is 12.0. The van der Waals surface area contributed by atoms with E-state index < -0.39 is 0 Å². The van der Waals surface area contributed by atoms with Crippen molar-refractivity contribution in [3.05, 3.63) is 52.3 Å². The summed E-state index contributed by atoms with van der Waals surface area (Å²) in [5.41, 5.74) is 1.22. The molecule has 1 aromatic carbocycles. The molecule has 10 heteroatoms. The zero-order valence-corrected chi connectivity index (χ0v) is 17.8. The number of thioether (sulfide) groups is 2. The van der Waals surface area contributed by atoms with E-state index in [1.807, 2.05) is 29.6 Å². The van der Waals surface area contributed by atoms with Gasteiger partial charge in [-0.15, -0.1) is 33.3 Å². The molecule has 142 valence electrons. The summed E-state index contributed by atoms with van der Waals surface area (Å²) in [7, 11) is 0. The van der Waals surface area contributed by atoms with Gasteiger partial charge in [0.15, 0.2) is 10.3 Å². The third kappa shape index (κ3) is 5.97. The van der Waals surface area contributed by atoms with E-state index in [0.717, 1.165) is 34.1 Å². The van der Waals surface area contributed by atoms with Gasteiger partial charge in [-0.05, 0) is 24.6 Å². The molecule has 0 spiro atoms. The van der Waals surface area contributed by atoms with E-state index >= 15 is 0 Å². The number of thiazole rings is 1.